The van der Waals surface area contributed by atoms with Gasteiger partial charge in [0.25, 0.3) is 0 Å². The fourth-order valence-corrected chi connectivity index (χ4v) is 3.67. The number of fused-ring (bicyclic) bond motifs is 1. The van der Waals surface area contributed by atoms with Gasteiger partial charge in [0, 0.05) is 35.4 Å². The Morgan fingerprint density at radius 3 is 2.84 bits per heavy atom. The second kappa shape index (κ2) is 6.15. The van der Waals surface area contributed by atoms with Gasteiger partial charge < -0.3 is 10.6 Å². The first-order valence-electron chi connectivity index (χ1n) is 7.57. The summed E-state index contributed by atoms with van der Waals surface area (Å²) < 4.78 is 0. The number of nitrogens with one attached hydrogen (secondary N) is 2. The Morgan fingerprint density at radius 2 is 2.00 bits per heavy atom. The monoisotopic (exact) mass is 278 g/mol. The van der Waals surface area contributed by atoms with Crippen molar-refractivity contribution in [2.24, 2.45) is 5.92 Å². The molecule has 1 aliphatic heterocycles. The van der Waals surface area contributed by atoms with E-state index in [4.69, 9.17) is 11.6 Å². The van der Waals surface area contributed by atoms with Gasteiger partial charge in [-0.1, -0.05) is 43.4 Å². The molecule has 1 saturated carbocycles. The van der Waals surface area contributed by atoms with Crippen LogP contribution in [0.1, 0.15) is 44.1 Å². The van der Waals surface area contributed by atoms with Crippen molar-refractivity contribution >= 4 is 17.3 Å². The van der Waals surface area contributed by atoms with Crippen LogP contribution in [0.15, 0.2) is 18.2 Å². The minimum Gasteiger partial charge on any atom is -0.381 e. The minimum absolute atomic E-state index is 0.542. The van der Waals surface area contributed by atoms with Crippen LogP contribution in [-0.2, 0) is 6.54 Å². The summed E-state index contributed by atoms with van der Waals surface area (Å²) in [5, 5.41) is 8.07. The first kappa shape index (κ1) is 13.3. The molecular formula is C16H23ClN2. The average Bonchev–Trinajstić information content (AvgIpc) is 2.83. The highest BCUT2D eigenvalue weighted by molar-refractivity contribution is 6.31. The molecule has 0 spiro atoms. The molecule has 3 rings (SSSR count). The quantitative estimate of drug-likeness (QED) is 0.866. The third-order valence-electron chi connectivity index (χ3n) is 4.57. The molecule has 1 aliphatic carbocycles. The van der Waals surface area contributed by atoms with E-state index in [2.05, 4.69) is 16.7 Å². The lowest BCUT2D eigenvalue weighted by Gasteiger charge is -2.20. The highest BCUT2D eigenvalue weighted by atomic mass is 35.5. The molecule has 0 radical (unpaired) electrons. The summed E-state index contributed by atoms with van der Waals surface area (Å²) in [4.78, 5) is 0. The Hall–Kier alpha value is -0.730. The second-order valence-electron chi connectivity index (χ2n) is 5.97. The van der Waals surface area contributed by atoms with Crippen LogP contribution in [0.2, 0.25) is 5.02 Å². The van der Waals surface area contributed by atoms with Gasteiger partial charge in [-0.3, -0.25) is 0 Å². The number of benzene rings is 1. The molecule has 0 aromatic heterocycles. The van der Waals surface area contributed by atoms with Gasteiger partial charge in [0.2, 0.25) is 0 Å². The molecule has 1 unspecified atom stereocenters. The smallest absolute Gasteiger partial charge is 0.0471 e. The van der Waals surface area contributed by atoms with E-state index in [0.29, 0.717) is 6.04 Å². The van der Waals surface area contributed by atoms with E-state index in [1.807, 2.05) is 12.1 Å². The molecule has 2 aliphatic rings. The molecule has 2 nitrogen and oxygen atoms in total. The maximum absolute atomic E-state index is 6.26. The predicted molar refractivity (Wildman–Crippen MR) is 81.8 cm³/mol. The predicted octanol–water partition coefficient (Wildman–Crippen LogP) is 4.19. The highest BCUT2D eigenvalue weighted by Crippen LogP contribution is 2.31. The maximum Gasteiger partial charge on any atom is 0.0471 e. The average molecular weight is 279 g/mol. The number of hydrogen-bond donors (Lipinski definition) is 2. The molecule has 0 bridgehead atoms. The number of hydrogen-bond acceptors (Lipinski definition) is 2. The van der Waals surface area contributed by atoms with Gasteiger partial charge in [-0.05, 0) is 30.9 Å². The summed E-state index contributed by atoms with van der Waals surface area (Å²) >= 11 is 6.26. The lowest BCUT2D eigenvalue weighted by atomic mass is 9.98. The van der Waals surface area contributed by atoms with E-state index in [-0.39, 0.29) is 0 Å². The number of halogens is 1. The van der Waals surface area contributed by atoms with Crippen molar-refractivity contribution in [1.82, 2.24) is 5.32 Å². The van der Waals surface area contributed by atoms with E-state index in [0.717, 1.165) is 24.0 Å². The Kier molecular flexibility index (Phi) is 4.29. The maximum atomic E-state index is 6.26. The van der Waals surface area contributed by atoms with Crippen molar-refractivity contribution in [3.05, 3.63) is 28.8 Å². The summed E-state index contributed by atoms with van der Waals surface area (Å²) in [5.74, 6) is 0.976. The Bertz CT molecular complexity index is 427. The summed E-state index contributed by atoms with van der Waals surface area (Å²) in [7, 11) is 0. The first-order valence-corrected chi connectivity index (χ1v) is 7.95. The van der Waals surface area contributed by atoms with Gasteiger partial charge in [0.1, 0.15) is 0 Å². The molecule has 1 fully saturated rings. The highest BCUT2D eigenvalue weighted by Gasteiger charge is 2.20. The van der Waals surface area contributed by atoms with Crippen molar-refractivity contribution in [3.63, 3.8) is 0 Å². The third kappa shape index (κ3) is 3.24. The molecule has 3 heteroatoms. The van der Waals surface area contributed by atoms with Crippen LogP contribution in [0, 0.1) is 5.92 Å². The van der Waals surface area contributed by atoms with Gasteiger partial charge in [-0.25, -0.2) is 0 Å². The van der Waals surface area contributed by atoms with E-state index >= 15 is 0 Å². The fourth-order valence-electron chi connectivity index (χ4n) is 3.43. The Balaban J connectivity index is 1.61. The third-order valence-corrected chi connectivity index (χ3v) is 4.92. The van der Waals surface area contributed by atoms with Gasteiger partial charge in [0.05, 0.1) is 0 Å². The van der Waals surface area contributed by atoms with Crippen LogP contribution in [-0.4, -0.2) is 12.6 Å². The SMILES string of the molecule is Clc1cccc2c1CNCC(CCC1CCCC1)N2. The molecule has 1 atom stereocenters. The van der Waals surface area contributed by atoms with E-state index < -0.39 is 0 Å². The van der Waals surface area contributed by atoms with Crippen molar-refractivity contribution in [1.29, 1.82) is 0 Å². The molecule has 1 aromatic carbocycles. The lowest BCUT2D eigenvalue weighted by Crippen LogP contribution is -2.30. The second-order valence-corrected chi connectivity index (χ2v) is 6.37. The standard InChI is InChI=1S/C16H23ClN2/c17-15-6-3-7-16-14(15)11-18-10-13(19-16)9-8-12-4-1-2-5-12/h3,6-7,12-13,18-19H,1-2,4-5,8-11H2. The molecular weight excluding hydrogens is 256 g/mol. The van der Waals surface area contributed by atoms with Gasteiger partial charge in [0.15, 0.2) is 0 Å². The van der Waals surface area contributed by atoms with Crippen LogP contribution >= 0.6 is 11.6 Å². The zero-order chi connectivity index (χ0) is 13.1. The summed E-state index contributed by atoms with van der Waals surface area (Å²) in [5.41, 5.74) is 2.43. The summed E-state index contributed by atoms with van der Waals surface area (Å²) in [6, 6.07) is 6.70. The summed E-state index contributed by atoms with van der Waals surface area (Å²) in [6.45, 7) is 1.92. The summed E-state index contributed by atoms with van der Waals surface area (Å²) in [6.07, 6.45) is 8.42. The van der Waals surface area contributed by atoms with Crippen LogP contribution in [0.25, 0.3) is 0 Å². The fraction of sp³-hybridized carbons (Fsp3) is 0.625. The zero-order valence-electron chi connectivity index (χ0n) is 11.4. The molecule has 104 valence electrons. The molecule has 1 aromatic rings. The Morgan fingerprint density at radius 1 is 1.16 bits per heavy atom. The van der Waals surface area contributed by atoms with Crippen molar-refractivity contribution in [2.75, 3.05) is 11.9 Å². The van der Waals surface area contributed by atoms with Crippen LogP contribution in [0.5, 0.6) is 0 Å². The van der Waals surface area contributed by atoms with Crippen LogP contribution in [0.4, 0.5) is 5.69 Å². The zero-order valence-corrected chi connectivity index (χ0v) is 12.2. The molecule has 0 saturated heterocycles. The van der Waals surface area contributed by atoms with Gasteiger partial charge in [-0.15, -0.1) is 0 Å². The van der Waals surface area contributed by atoms with Crippen LogP contribution in [0.3, 0.4) is 0 Å². The van der Waals surface area contributed by atoms with Gasteiger partial charge >= 0.3 is 0 Å². The van der Waals surface area contributed by atoms with E-state index in [1.165, 1.54) is 49.8 Å². The molecule has 19 heavy (non-hydrogen) atoms. The van der Waals surface area contributed by atoms with Gasteiger partial charge in [-0.2, -0.15) is 0 Å². The minimum atomic E-state index is 0.542. The van der Waals surface area contributed by atoms with Crippen molar-refractivity contribution in [2.45, 2.75) is 51.1 Å². The lowest BCUT2D eigenvalue weighted by molar-refractivity contribution is 0.450. The normalized spacial score (nSPS) is 23.7. The largest absolute Gasteiger partial charge is 0.381 e. The van der Waals surface area contributed by atoms with Crippen molar-refractivity contribution < 1.29 is 0 Å². The molecule has 2 N–H and O–H groups in total. The molecule has 0 amide bonds. The number of anilines is 1. The van der Waals surface area contributed by atoms with E-state index in [1.54, 1.807) is 0 Å². The van der Waals surface area contributed by atoms with E-state index in [9.17, 15) is 0 Å². The Labute approximate surface area is 120 Å². The van der Waals surface area contributed by atoms with Crippen LogP contribution < -0.4 is 10.6 Å². The number of rotatable bonds is 3. The molecule has 1 heterocycles. The topological polar surface area (TPSA) is 24.1 Å². The van der Waals surface area contributed by atoms with Crippen molar-refractivity contribution in [3.8, 4) is 0 Å². The first-order chi connectivity index (χ1) is 9.33.